The van der Waals surface area contributed by atoms with Crippen LogP contribution in [0.2, 0.25) is 0 Å². The molecule has 1 fully saturated rings. The molecule has 1 heterocycles. The molecule has 1 aliphatic rings. The van der Waals surface area contributed by atoms with E-state index in [4.69, 9.17) is 5.11 Å². The van der Waals surface area contributed by atoms with Crippen molar-refractivity contribution in [2.24, 2.45) is 5.92 Å². The normalized spacial score (nSPS) is 22.0. The standard InChI is InChI=1S/C16H20N2O2S/c1-10-6-7-12(8-10)18-15-11(2)4-3-5-13(15)17-16(18)21-9-14(19)20/h3-5,10,12H,6-9H2,1-2H3,(H,19,20). The summed E-state index contributed by atoms with van der Waals surface area (Å²) in [5, 5.41) is 9.79. The first-order valence-electron chi connectivity index (χ1n) is 7.38. The number of thioether (sulfide) groups is 1. The number of para-hydroxylation sites is 1. The minimum atomic E-state index is -0.796. The Morgan fingerprint density at radius 2 is 2.29 bits per heavy atom. The minimum Gasteiger partial charge on any atom is -0.481 e. The minimum absolute atomic E-state index is 0.0602. The first kappa shape index (κ1) is 14.4. The maximum Gasteiger partial charge on any atom is 0.313 e. The van der Waals surface area contributed by atoms with Gasteiger partial charge in [0.15, 0.2) is 5.16 Å². The highest BCUT2D eigenvalue weighted by Gasteiger charge is 2.27. The smallest absolute Gasteiger partial charge is 0.313 e. The molecule has 1 N–H and O–H groups in total. The SMILES string of the molecule is Cc1cccc2nc(SCC(=O)O)n(C3CCC(C)C3)c12. The number of benzene rings is 1. The molecule has 5 heteroatoms. The Balaban J connectivity index is 2.08. The second kappa shape index (κ2) is 5.72. The summed E-state index contributed by atoms with van der Waals surface area (Å²) in [4.78, 5) is 15.6. The molecule has 0 aliphatic heterocycles. The molecule has 0 spiro atoms. The highest BCUT2D eigenvalue weighted by molar-refractivity contribution is 7.99. The number of nitrogens with zero attached hydrogens (tertiary/aromatic N) is 2. The van der Waals surface area contributed by atoms with Crippen molar-refractivity contribution in [3.8, 4) is 0 Å². The predicted molar refractivity (Wildman–Crippen MR) is 84.9 cm³/mol. The Labute approximate surface area is 128 Å². The van der Waals surface area contributed by atoms with Crippen LogP contribution in [0.15, 0.2) is 23.4 Å². The Bertz CT molecular complexity index is 680. The Kier molecular flexibility index (Phi) is 3.93. The molecule has 0 amide bonds. The van der Waals surface area contributed by atoms with E-state index < -0.39 is 5.97 Å². The zero-order valence-corrected chi connectivity index (χ0v) is 13.2. The van der Waals surface area contributed by atoms with Crippen LogP contribution in [0.3, 0.4) is 0 Å². The van der Waals surface area contributed by atoms with Crippen LogP contribution in [0.1, 0.15) is 37.8 Å². The molecule has 2 aromatic rings. The van der Waals surface area contributed by atoms with Gasteiger partial charge in [-0.05, 0) is 43.7 Å². The average Bonchev–Trinajstić information content (AvgIpc) is 3.00. The number of carboxylic acid groups (broad SMARTS) is 1. The predicted octanol–water partition coefficient (Wildman–Crippen LogP) is 3.88. The largest absolute Gasteiger partial charge is 0.481 e. The summed E-state index contributed by atoms with van der Waals surface area (Å²) < 4.78 is 2.29. The third kappa shape index (κ3) is 2.79. The van der Waals surface area contributed by atoms with E-state index >= 15 is 0 Å². The molecule has 0 radical (unpaired) electrons. The van der Waals surface area contributed by atoms with Gasteiger partial charge in [0.1, 0.15) is 0 Å². The summed E-state index contributed by atoms with van der Waals surface area (Å²) >= 11 is 1.33. The van der Waals surface area contributed by atoms with Gasteiger partial charge in [0, 0.05) is 6.04 Å². The molecule has 0 saturated heterocycles. The van der Waals surface area contributed by atoms with Gasteiger partial charge in [0.05, 0.1) is 16.8 Å². The molecule has 1 saturated carbocycles. The highest BCUT2D eigenvalue weighted by atomic mass is 32.2. The van der Waals surface area contributed by atoms with Crippen LogP contribution in [-0.2, 0) is 4.79 Å². The van der Waals surface area contributed by atoms with Crippen molar-refractivity contribution in [2.45, 2.75) is 44.3 Å². The van der Waals surface area contributed by atoms with Crippen molar-refractivity contribution in [2.75, 3.05) is 5.75 Å². The number of hydrogen-bond acceptors (Lipinski definition) is 3. The number of rotatable bonds is 4. The number of fused-ring (bicyclic) bond motifs is 1. The maximum atomic E-state index is 10.9. The molecule has 1 aromatic carbocycles. The quantitative estimate of drug-likeness (QED) is 0.871. The van der Waals surface area contributed by atoms with E-state index in [-0.39, 0.29) is 5.75 Å². The lowest BCUT2D eigenvalue weighted by Gasteiger charge is -2.17. The van der Waals surface area contributed by atoms with E-state index in [0.717, 1.165) is 29.4 Å². The summed E-state index contributed by atoms with van der Waals surface area (Å²) in [7, 11) is 0. The first-order valence-corrected chi connectivity index (χ1v) is 8.37. The van der Waals surface area contributed by atoms with Crippen molar-refractivity contribution >= 4 is 28.8 Å². The fraction of sp³-hybridized carbons (Fsp3) is 0.500. The lowest BCUT2D eigenvalue weighted by Crippen LogP contribution is -2.09. The van der Waals surface area contributed by atoms with Crippen molar-refractivity contribution < 1.29 is 9.90 Å². The molecule has 4 nitrogen and oxygen atoms in total. The van der Waals surface area contributed by atoms with E-state index in [1.165, 1.54) is 29.3 Å². The third-order valence-corrected chi connectivity index (χ3v) is 5.17. The second-order valence-electron chi connectivity index (χ2n) is 5.96. The topological polar surface area (TPSA) is 55.1 Å². The zero-order valence-electron chi connectivity index (χ0n) is 12.4. The van der Waals surface area contributed by atoms with E-state index in [2.05, 4.69) is 29.5 Å². The fourth-order valence-electron chi connectivity index (χ4n) is 3.28. The summed E-state index contributed by atoms with van der Waals surface area (Å²) in [6.45, 7) is 4.39. The molecule has 1 aliphatic carbocycles. The Hall–Kier alpha value is -1.49. The number of aromatic nitrogens is 2. The number of hydrogen-bond donors (Lipinski definition) is 1. The van der Waals surface area contributed by atoms with Crippen molar-refractivity contribution in [3.05, 3.63) is 23.8 Å². The summed E-state index contributed by atoms with van der Waals surface area (Å²) in [6.07, 6.45) is 3.54. The second-order valence-corrected chi connectivity index (χ2v) is 6.90. The highest BCUT2D eigenvalue weighted by Crippen LogP contribution is 2.39. The number of imidazole rings is 1. The van der Waals surface area contributed by atoms with Crippen molar-refractivity contribution in [1.29, 1.82) is 0 Å². The van der Waals surface area contributed by atoms with Crippen molar-refractivity contribution in [1.82, 2.24) is 9.55 Å². The van der Waals surface area contributed by atoms with Gasteiger partial charge < -0.3 is 9.67 Å². The van der Waals surface area contributed by atoms with Gasteiger partial charge in [-0.3, -0.25) is 4.79 Å². The van der Waals surface area contributed by atoms with Gasteiger partial charge in [-0.25, -0.2) is 4.98 Å². The van der Waals surface area contributed by atoms with Crippen LogP contribution in [0, 0.1) is 12.8 Å². The van der Waals surface area contributed by atoms with E-state index in [0.29, 0.717) is 6.04 Å². The maximum absolute atomic E-state index is 10.9. The molecule has 2 atom stereocenters. The Morgan fingerprint density at radius 3 is 2.95 bits per heavy atom. The van der Waals surface area contributed by atoms with Crippen LogP contribution in [0.25, 0.3) is 11.0 Å². The summed E-state index contributed by atoms with van der Waals surface area (Å²) in [5.74, 6) is -0.00566. The van der Waals surface area contributed by atoms with Gasteiger partial charge >= 0.3 is 5.97 Å². The number of aryl methyl sites for hydroxylation is 1. The fourth-order valence-corrected chi connectivity index (χ4v) is 4.07. The lowest BCUT2D eigenvalue weighted by atomic mass is 10.1. The summed E-state index contributed by atoms with van der Waals surface area (Å²) in [5.41, 5.74) is 3.36. The van der Waals surface area contributed by atoms with Crippen molar-refractivity contribution in [3.63, 3.8) is 0 Å². The van der Waals surface area contributed by atoms with Crippen LogP contribution < -0.4 is 0 Å². The Morgan fingerprint density at radius 1 is 1.48 bits per heavy atom. The van der Waals surface area contributed by atoms with E-state index in [1.807, 2.05) is 12.1 Å². The molecule has 112 valence electrons. The third-order valence-electron chi connectivity index (χ3n) is 4.24. The molecule has 2 unspecified atom stereocenters. The first-order chi connectivity index (χ1) is 10.1. The number of carbonyl (C=O) groups is 1. The van der Waals surface area contributed by atoms with E-state index in [9.17, 15) is 4.79 Å². The number of aliphatic carboxylic acids is 1. The van der Waals surface area contributed by atoms with Gasteiger partial charge in [-0.2, -0.15) is 0 Å². The van der Waals surface area contributed by atoms with Gasteiger partial charge in [0.2, 0.25) is 0 Å². The molecular weight excluding hydrogens is 284 g/mol. The van der Waals surface area contributed by atoms with Crippen LogP contribution >= 0.6 is 11.8 Å². The van der Waals surface area contributed by atoms with Gasteiger partial charge in [0.25, 0.3) is 0 Å². The number of carboxylic acids is 1. The molecule has 21 heavy (non-hydrogen) atoms. The molecule has 1 aromatic heterocycles. The van der Waals surface area contributed by atoms with Crippen LogP contribution in [0.4, 0.5) is 0 Å². The van der Waals surface area contributed by atoms with Crippen LogP contribution in [0.5, 0.6) is 0 Å². The lowest BCUT2D eigenvalue weighted by molar-refractivity contribution is -0.133. The molecule has 3 rings (SSSR count). The summed E-state index contributed by atoms with van der Waals surface area (Å²) in [6, 6.07) is 6.58. The zero-order chi connectivity index (χ0) is 15.0. The van der Waals surface area contributed by atoms with Gasteiger partial charge in [-0.1, -0.05) is 30.8 Å². The average molecular weight is 304 g/mol. The molecular formula is C16H20N2O2S. The van der Waals surface area contributed by atoms with Crippen LogP contribution in [-0.4, -0.2) is 26.4 Å². The van der Waals surface area contributed by atoms with Gasteiger partial charge in [-0.15, -0.1) is 0 Å². The molecule has 0 bridgehead atoms. The van der Waals surface area contributed by atoms with E-state index in [1.54, 1.807) is 0 Å². The monoisotopic (exact) mass is 304 g/mol.